The van der Waals surface area contributed by atoms with Crippen LogP contribution in [0.1, 0.15) is 11.1 Å². The van der Waals surface area contributed by atoms with E-state index >= 15 is 0 Å². The first kappa shape index (κ1) is 29.2. The van der Waals surface area contributed by atoms with E-state index in [-0.39, 0.29) is 0 Å². The minimum Gasteiger partial charge on any atom is -0.309 e. The van der Waals surface area contributed by atoms with Crippen LogP contribution >= 0.6 is 0 Å². The number of rotatable bonds is 5. The number of nitriles is 2. The van der Waals surface area contributed by atoms with Gasteiger partial charge in [-0.3, -0.25) is 0 Å². The molecule has 226 valence electrons. The SMILES string of the molecule is [C-]#[N+]c1ccc2c(c1)c1cc(C#N)ccc1n2-c1cc(C#N)cc(-c2cccc(-c3cc(-c4ccccc4)cc(-c4ccccc4)c3)c2)c1. The van der Waals surface area contributed by atoms with E-state index in [0.29, 0.717) is 16.8 Å². The van der Waals surface area contributed by atoms with Gasteiger partial charge in [0.05, 0.1) is 40.9 Å². The van der Waals surface area contributed by atoms with E-state index in [1.54, 1.807) is 6.07 Å². The van der Waals surface area contributed by atoms with Crippen molar-refractivity contribution in [1.82, 2.24) is 4.57 Å². The molecule has 0 bridgehead atoms. The molecule has 8 aromatic rings. The Morgan fingerprint density at radius 2 is 0.939 bits per heavy atom. The minimum atomic E-state index is 0.531. The second kappa shape index (κ2) is 12.2. The standard InChI is InChI=1S/C45H26N4/c1-48-40-16-18-45-43(27-40)42-21-30(28-46)15-17-44(42)49(45)41-20-31(29-47)19-36(26-41)34-13-8-14-35(22-34)39-24-37(32-9-4-2-5-10-32)23-38(25-39)33-11-6-3-7-12-33/h2-27H. The van der Waals surface area contributed by atoms with Gasteiger partial charge in [-0.2, -0.15) is 10.5 Å². The van der Waals surface area contributed by atoms with Crippen LogP contribution in [0, 0.1) is 29.2 Å². The Labute approximate surface area is 284 Å². The molecule has 0 aliphatic carbocycles. The third-order valence-corrected chi connectivity index (χ3v) is 8.99. The number of fused-ring (bicyclic) bond motifs is 3. The van der Waals surface area contributed by atoms with Gasteiger partial charge in [-0.15, -0.1) is 0 Å². The zero-order chi connectivity index (χ0) is 33.3. The topological polar surface area (TPSA) is 56.9 Å². The first-order valence-electron chi connectivity index (χ1n) is 15.9. The van der Waals surface area contributed by atoms with Crippen molar-refractivity contribution in [1.29, 1.82) is 10.5 Å². The molecule has 7 aromatic carbocycles. The van der Waals surface area contributed by atoms with Gasteiger partial charge in [0.15, 0.2) is 5.69 Å². The lowest BCUT2D eigenvalue weighted by Crippen LogP contribution is -1.96. The van der Waals surface area contributed by atoms with Gasteiger partial charge in [-0.1, -0.05) is 84.9 Å². The zero-order valence-corrected chi connectivity index (χ0v) is 26.3. The molecule has 8 rings (SSSR count). The highest BCUT2D eigenvalue weighted by Gasteiger charge is 2.16. The van der Waals surface area contributed by atoms with E-state index < -0.39 is 0 Å². The van der Waals surface area contributed by atoms with Crippen molar-refractivity contribution in [3.8, 4) is 62.3 Å². The summed E-state index contributed by atoms with van der Waals surface area (Å²) in [5.41, 5.74) is 12.9. The normalized spacial score (nSPS) is 10.8. The van der Waals surface area contributed by atoms with Gasteiger partial charge in [0, 0.05) is 11.1 Å². The van der Waals surface area contributed by atoms with E-state index in [4.69, 9.17) is 6.57 Å². The second-order valence-corrected chi connectivity index (χ2v) is 12.0. The maximum atomic E-state index is 10.2. The van der Waals surface area contributed by atoms with E-state index in [1.807, 2.05) is 54.6 Å². The molecule has 0 N–H and O–H groups in total. The highest BCUT2D eigenvalue weighted by atomic mass is 15.0. The Bertz CT molecular complexity index is 2550. The Morgan fingerprint density at radius 3 is 1.53 bits per heavy atom. The van der Waals surface area contributed by atoms with Crippen LogP contribution in [0.2, 0.25) is 0 Å². The molecule has 4 heteroatoms. The molecule has 4 nitrogen and oxygen atoms in total. The van der Waals surface area contributed by atoms with Crippen molar-refractivity contribution in [2.45, 2.75) is 0 Å². The lowest BCUT2D eigenvalue weighted by molar-refractivity contribution is 1.18. The predicted octanol–water partition coefficient (Wildman–Crippen LogP) is 11.7. The Morgan fingerprint density at radius 1 is 0.429 bits per heavy atom. The molecular formula is C45H26N4. The highest BCUT2D eigenvalue weighted by molar-refractivity contribution is 6.10. The fourth-order valence-corrected chi connectivity index (χ4v) is 6.67. The highest BCUT2D eigenvalue weighted by Crippen LogP contribution is 2.38. The monoisotopic (exact) mass is 622 g/mol. The molecule has 1 heterocycles. The molecule has 0 saturated carbocycles. The molecule has 0 aliphatic heterocycles. The first-order valence-corrected chi connectivity index (χ1v) is 15.9. The van der Waals surface area contributed by atoms with E-state index in [2.05, 4.69) is 119 Å². The summed E-state index contributed by atoms with van der Waals surface area (Å²) in [5, 5.41) is 21.6. The number of hydrogen-bond donors (Lipinski definition) is 0. The van der Waals surface area contributed by atoms with Gasteiger partial charge in [0.2, 0.25) is 0 Å². The van der Waals surface area contributed by atoms with Crippen LogP contribution in [-0.4, -0.2) is 4.57 Å². The van der Waals surface area contributed by atoms with Gasteiger partial charge in [0.25, 0.3) is 0 Å². The number of hydrogen-bond acceptors (Lipinski definition) is 2. The van der Waals surface area contributed by atoms with Gasteiger partial charge >= 0.3 is 0 Å². The summed E-state index contributed by atoms with van der Waals surface area (Å²) in [7, 11) is 0. The number of nitrogens with zero attached hydrogens (tertiary/aromatic N) is 4. The molecule has 0 atom stereocenters. The Hall–Kier alpha value is -7.19. The number of aromatic nitrogens is 1. The Balaban J connectivity index is 1.29. The van der Waals surface area contributed by atoms with Crippen LogP contribution in [0.4, 0.5) is 5.69 Å². The molecule has 0 fully saturated rings. The first-order chi connectivity index (χ1) is 24.1. The fraction of sp³-hybridized carbons (Fsp3) is 0. The maximum absolute atomic E-state index is 10.2. The second-order valence-electron chi connectivity index (χ2n) is 12.0. The summed E-state index contributed by atoms with van der Waals surface area (Å²) in [5.74, 6) is 0. The van der Waals surface area contributed by atoms with Crippen LogP contribution in [0.15, 0.2) is 158 Å². The average molecular weight is 623 g/mol. The van der Waals surface area contributed by atoms with Crippen molar-refractivity contribution in [3.63, 3.8) is 0 Å². The molecule has 0 amide bonds. The smallest absolute Gasteiger partial charge is 0.188 e. The summed E-state index contributed by atoms with van der Waals surface area (Å²) in [6.07, 6.45) is 0. The molecule has 0 unspecified atom stereocenters. The van der Waals surface area contributed by atoms with Crippen molar-refractivity contribution >= 4 is 27.5 Å². The van der Waals surface area contributed by atoms with E-state index in [1.165, 1.54) is 0 Å². The summed E-state index contributed by atoms with van der Waals surface area (Å²) in [6.45, 7) is 7.57. The molecule has 49 heavy (non-hydrogen) atoms. The fourth-order valence-electron chi connectivity index (χ4n) is 6.67. The predicted molar refractivity (Wildman–Crippen MR) is 198 cm³/mol. The van der Waals surface area contributed by atoms with Crippen LogP contribution in [0.25, 0.3) is 76.8 Å². The summed E-state index contributed by atoms with van der Waals surface area (Å²) < 4.78 is 2.11. The molecule has 1 aromatic heterocycles. The van der Waals surface area contributed by atoms with Crippen molar-refractivity contribution in [2.24, 2.45) is 0 Å². The largest absolute Gasteiger partial charge is 0.309 e. The van der Waals surface area contributed by atoms with Crippen molar-refractivity contribution in [3.05, 3.63) is 180 Å². The van der Waals surface area contributed by atoms with Crippen molar-refractivity contribution < 1.29 is 0 Å². The molecule has 0 saturated heterocycles. The van der Waals surface area contributed by atoms with E-state index in [9.17, 15) is 10.5 Å². The molecule has 0 spiro atoms. The van der Waals surface area contributed by atoms with Gasteiger partial charge in [-0.05, 0) is 123 Å². The van der Waals surface area contributed by atoms with Gasteiger partial charge in [-0.25, -0.2) is 4.85 Å². The molecule has 0 aliphatic rings. The Kier molecular flexibility index (Phi) is 7.28. The zero-order valence-electron chi connectivity index (χ0n) is 26.3. The van der Waals surface area contributed by atoms with Crippen LogP contribution in [-0.2, 0) is 0 Å². The average Bonchev–Trinajstić information content (AvgIpc) is 3.51. The van der Waals surface area contributed by atoms with Crippen LogP contribution in [0.5, 0.6) is 0 Å². The van der Waals surface area contributed by atoms with Gasteiger partial charge in [0.1, 0.15) is 0 Å². The lowest BCUT2D eigenvalue weighted by atomic mass is 9.92. The third kappa shape index (κ3) is 5.39. The lowest BCUT2D eigenvalue weighted by Gasteiger charge is -2.14. The van der Waals surface area contributed by atoms with Crippen LogP contribution < -0.4 is 0 Å². The minimum absolute atomic E-state index is 0.531. The molecule has 0 radical (unpaired) electrons. The summed E-state index contributed by atoms with van der Waals surface area (Å²) >= 11 is 0. The maximum Gasteiger partial charge on any atom is 0.188 e. The van der Waals surface area contributed by atoms with Crippen molar-refractivity contribution in [2.75, 3.05) is 0 Å². The summed E-state index contributed by atoms with van der Waals surface area (Å²) in [6, 6.07) is 57.8. The quantitative estimate of drug-likeness (QED) is 0.179. The van der Waals surface area contributed by atoms with Gasteiger partial charge < -0.3 is 4.57 Å². The third-order valence-electron chi connectivity index (χ3n) is 8.99. The summed E-state index contributed by atoms with van der Waals surface area (Å²) in [4.78, 5) is 3.64. The molecular weight excluding hydrogens is 597 g/mol. The van der Waals surface area contributed by atoms with E-state index in [0.717, 1.165) is 72.0 Å². The number of benzene rings is 7. The van der Waals surface area contributed by atoms with Crippen LogP contribution in [0.3, 0.4) is 0 Å².